The largest absolute Gasteiger partial charge is 0.492 e. The minimum absolute atomic E-state index is 0.0733. The van der Waals surface area contributed by atoms with Crippen LogP contribution in [0, 0.1) is 0 Å². The molecule has 18 heavy (non-hydrogen) atoms. The highest BCUT2D eigenvalue weighted by atomic mass is 35.5. The Balaban J connectivity index is 2.62. The van der Waals surface area contributed by atoms with E-state index >= 15 is 0 Å². The first-order valence-corrected chi connectivity index (χ1v) is 6.12. The molecule has 1 rings (SSSR count). The van der Waals surface area contributed by atoms with Crippen LogP contribution >= 0.6 is 11.6 Å². The van der Waals surface area contributed by atoms with Gasteiger partial charge in [-0.15, -0.1) is 0 Å². The molecular formula is C13H16ClNO3. The van der Waals surface area contributed by atoms with Crippen LogP contribution in [0.2, 0.25) is 5.02 Å². The molecule has 1 aromatic rings. The highest BCUT2D eigenvalue weighted by Gasteiger charge is 2.09. The van der Waals surface area contributed by atoms with Crippen molar-refractivity contribution in [2.75, 3.05) is 13.2 Å². The van der Waals surface area contributed by atoms with Crippen molar-refractivity contribution in [1.29, 1.82) is 0 Å². The quantitative estimate of drug-likeness (QED) is 0.807. The molecule has 0 aliphatic rings. The van der Waals surface area contributed by atoms with E-state index in [9.17, 15) is 9.59 Å². The number of amides is 1. The van der Waals surface area contributed by atoms with Crippen molar-refractivity contribution >= 4 is 23.3 Å². The number of rotatable bonds is 6. The fourth-order valence-electron chi connectivity index (χ4n) is 1.44. The SMILES string of the molecule is CCNC(=O)CCOc1ccc(Cl)cc1C(C)=O. The lowest BCUT2D eigenvalue weighted by Gasteiger charge is -2.10. The number of ketones is 1. The van der Waals surface area contributed by atoms with E-state index in [1.54, 1.807) is 18.2 Å². The normalized spacial score (nSPS) is 9.94. The van der Waals surface area contributed by atoms with Gasteiger partial charge in [0.2, 0.25) is 5.91 Å². The van der Waals surface area contributed by atoms with Crippen LogP contribution in [0.4, 0.5) is 0 Å². The highest BCUT2D eigenvalue weighted by Crippen LogP contribution is 2.23. The maximum atomic E-state index is 11.4. The molecule has 0 aromatic heterocycles. The van der Waals surface area contributed by atoms with Crippen molar-refractivity contribution in [2.45, 2.75) is 20.3 Å². The Morgan fingerprint density at radius 3 is 2.72 bits per heavy atom. The third-order valence-corrected chi connectivity index (χ3v) is 2.52. The number of Topliss-reactive ketones (excluding diaryl/α,β-unsaturated/α-hetero) is 1. The van der Waals surface area contributed by atoms with Crippen LogP contribution in [-0.2, 0) is 4.79 Å². The Bertz CT molecular complexity index is 446. The van der Waals surface area contributed by atoms with E-state index in [0.717, 1.165) is 0 Å². The zero-order valence-corrected chi connectivity index (χ0v) is 11.2. The van der Waals surface area contributed by atoms with Gasteiger partial charge in [-0.25, -0.2) is 0 Å². The van der Waals surface area contributed by atoms with Gasteiger partial charge in [0.25, 0.3) is 0 Å². The summed E-state index contributed by atoms with van der Waals surface area (Å²) in [6.45, 7) is 4.13. The Morgan fingerprint density at radius 1 is 1.39 bits per heavy atom. The summed E-state index contributed by atoms with van der Waals surface area (Å²) in [6.07, 6.45) is 0.258. The molecule has 0 saturated carbocycles. The van der Waals surface area contributed by atoms with Gasteiger partial charge in [0.1, 0.15) is 5.75 Å². The van der Waals surface area contributed by atoms with Gasteiger partial charge in [-0.2, -0.15) is 0 Å². The van der Waals surface area contributed by atoms with E-state index in [-0.39, 0.29) is 24.7 Å². The van der Waals surface area contributed by atoms with Crippen molar-refractivity contribution in [3.8, 4) is 5.75 Å². The first-order chi connectivity index (χ1) is 8.54. The maximum Gasteiger partial charge on any atom is 0.223 e. The zero-order valence-electron chi connectivity index (χ0n) is 10.5. The second kappa shape index (κ2) is 7.01. The number of ether oxygens (including phenoxy) is 1. The second-order valence-electron chi connectivity index (χ2n) is 3.75. The average Bonchev–Trinajstić information content (AvgIpc) is 2.31. The smallest absolute Gasteiger partial charge is 0.223 e. The summed E-state index contributed by atoms with van der Waals surface area (Å²) in [6, 6.07) is 4.84. The minimum atomic E-state index is -0.120. The van der Waals surface area contributed by atoms with Crippen LogP contribution in [0.5, 0.6) is 5.75 Å². The summed E-state index contributed by atoms with van der Waals surface area (Å²) in [5.74, 6) is 0.262. The Morgan fingerprint density at radius 2 is 2.11 bits per heavy atom. The summed E-state index contributed by atoms with van der Waals surface area (Å²) < 4.78 is 5.43. The molecule has 4 nitrogen and oxygen atoms in total. The molecule has 0 unspecified atom stereocenters. The first-order valence-electron chi connectivity index (χ1n) is 5.74. The number of carbonyl (C=O) groups excluding carboxylic acids is 2. The van der Waals surface area contributed by atoms with Gasteiger partial charge >= 0.3 is 0 Å². The number of halogens is 1. The van der Waals surface area contributed by atoms with Crippen LogP contribution in [0.25, 0.3) is 0 Å². The molecule has 0 fully saturated rings. The van der Waals surface area contributed by atoms with Gasteiger partial charge in [-0.1, -0.05) is 11.6 Å². The van der Waals surface area contributed by atoms with Gasteiger partial charge in [-0.05, 0) is 32.0 Å². The fraction of sp³-hybridized carbons (Fsp3) is 0.385. The molecule has 0 heterocycles. The molecule has 0 spiro atoms. The van der Waals surface area contributed by atoms with E-state index in [0.29, 0.717) is 22.9 Å². The monoisotopic (exact) mass is 269 g/mol. The zero-order chi connectivity index (χ0) is 13.5. The molecule has 0 aliphatic heterocycles. The van der Waals surface area contributed by atoms with Crippen LogP contribution in [0.1, 0.15) is 30.6 Å². The van der Waals surface area contributed by atoms with E-state index in [4.69, 9.17) is 16.3 Å². The van der Waals surface area contributed by atoms with Crippen molar-refractivity contribution < 1.29 is 14.3 Å². The summed E-state index contributed by atoms with van der Waals surface area (Å²) >= 11 is 5.81. The van der Waals surface area contributed by atoms with Crippen LogP contribution in [-0.4, -0.2) is 24.8 Å². The number of hydrogen-bond acceptors (Lipinski definition) is 3. The van der Waals surface area contributed by atoms with E-state index < -0.39 is 0 Å². The van der Waals surface area contributed by atoms with Gasteiger partial charge in [0, 0.05) is 11.6 Å². The van der Waals surface area contributed by atoms with Crippen molar-refractivity contribution in [3.05, 3.63) is 28.8 Å². The Hall–Kier alpha value is -1.55. The molecule has 1 aromatic carbocycles. The topological polar surface area (TPSA) is 55.4 Å². The number of carbonyl (C=O) groups is 2. The summed E-state index contributed by atoms with van der Waals surface area (Å²) in [4.78, 5) is 22.6. The molecule has 5 heteroatoms. The van der Waals surface area contributed by atoms with E-state index in [1.807, 2.05) is 6.92 Å². The minimum Gasteiger partial charge on any atom is -0.492 e. The molecule has 0 aliphatic carbocycles. The standard InChI is InChI=1S/C13H16ClNO3/c1-3-15-13(17)6-7-18-12-5-4-10(14)8-11(12)9(2)16/h4-5,8H,3,6-7H2,1-2H3,(H,15,17). The lowest BCUT2D eigenvalue weighted by Crippen LogP contribution is -2.24. The first kappa shape index (κ1) is 14.5. The van der Waals surface area contributed by atoms with Crippen LogP contribution in [0.3, 0.4) is 0 Å². The summed E-state index contributed by atoms with van der Waals surface area (Å²) in [7, 11) is 0. The van der Waals surface area contributed by atoms with E-state index in [1.165, 1.54) is 6.92 Å². The fourth-order valence-corrected chi connectivity index (χ4v) is 1.61. The van der Waals surface area contributed by atoms with Gasteiger partial charge in [0.15, 0.2) is 5.78 Å². The molecule has 98 valence electrons. The highest BCUT2D eigenvalue weighted by molar-refractivity contribution is 6.31. The van der Waals surface area contributed by atoms with Crippen molar-refractivity contribution in [2.24, 2.45) is 0 Å². The third-order valence-electron chi connectivity index (χ3n) is 2.28. The van der Waals surface area contributed by atoms with Crippen LogP contribution in [0.15, 0.2) is 18.2 Å². The predicted octanol–water partition coefficient (Wildman–Crippen LogP) is 2.45. The molecule has 0 saturated heterocycles. The third kappa shape index (κ3) is 4.37. The average molecular weight is 270 g/mol. The Labute approximate surface area is 111 Å². The summed E-state index contributed by atoms with van der Waals surface area (Å²) in [5.41, 5.74) is 0.429. The van der Waals surface area contributed by atoms with Gasteiger partial charge < -0.3 is 10.1 Å². The van der Waals surface area contributed by atoms with Gasteiger partial charge in [0.05, 0.1) is 18.6 Å². The maximum absolute atomic E-state index is 11.4. The molecule has 1 N–H and O–H groups in total. The number of nitrogens with one attached hydrogen (secondary N) is 1. The van der Waals surface area contributed by atoms with E-state index in [2.05, 4.69) is 5.32 Å². The van der Waals surface area contributed by atoms with Crippen molar-refractivity contribution in [1.82, 2.24) is 5.32 Å². The molecule has 1 amide bonds. The van der Waals surface area contributed by atoms with Gasteiger partial charge in [-0.3, -0.25) is 9.59 Å². The number of hydrogen-bond donors (Lipinski definition) is 1. The Kier molecular flexibility index (Phi) is 5.65. The van der Waals surface area contributed by atoms with Crippen LogP contribution < -0.4 is 10.1 Å². The number of benzene rings is 1. The molecular weight excluding hydrogens is 254 g/mol. The lowest BCUT2D eigenvalue weighted by atomic mass is 10.1. The predicted molar refractivity (Wildman–Crippen MR) is 70.3 cm³/mol. The molecule has 0 bridgehead atoms. The second-order valence-corrected chi connectivity index (χ2v) is 4.19. The molecule has 0 radical (unpaired) electrons. The lowest BCUT2D eigenvalue weighted by molar-refractivity contribution is -0.121. The van der Waals surface area contributed by atoms with Crippen molar-refractivity contribution in [3.63, 3.8) is 0 Å². The molecule has 0 atom stereocenters. The summed E-state index contributed by atoms with van der Waals surface area (Å²) in [5, 5.41) is 3.15.